The van der Waals surface area contributed by atoms with Crippen LogP contribution in [0.2, 0.25) is 0 Å². The molecule has 156 valence electrons. The minimum atomic E-state index is -0.953. The molecule has 0 radical (unpaired) electrons. The van der Waals surface area contributed by atoms with E-state index in [-0.39, 0.29) is 24.5 Å². The van der Waals surface area contributed by atoms with Gasteiger partial charge in [-0.1, -0.05) is 37.0 Å². The van der Waals surface area contributed by atoms with Gasteiger partial charge in [0.05, 0.1) is 13.2 Å². The van der Waals surface area contributed by atoms with Gasteiger partial charge in [-0.2, -0.15) is 0 Å². The van der Waals surface area contributed by atoms with Crippen molar-refractivity contribution in [3.8, 4) is 0 Å². The fourth-order valence-electron chi connectivity index (χ4n) is 2.76. The number of nitrogens with zero attached hydrogens (tertiary/aromatic N) is 1. The van der Waals surface area contributed by atoms with E-state index < -0.39 is 22.3 Å². The molecule has 3 unspecified atom stereocenters. The van der Waals surface area contributed by atoms with Gasteiger partial charge in [-0.25, -0.2) is 5.43 Å². The highest BCUT2D eigenvalue weighted by molar-refractivity contribution is 6.48. The molecule has 8 nitrogen and oxygen atoms in total. The number of rotatable bonds is 10. The fourth-order valence-corrected chi connectivity index (χ4v) is 2.92. The lowest BCUT2D eigenvalue weighted by molar-refractivity contribution is -0.142. The maximum Gasteiger partial charge on any atom is 0.258 e. The topological polar surface area (TPSA) is 99.8 Å². The van der Waals surface area contributed by atoms with Crippen LogP contribution in [0.25, 0.3) is 0 Å². The molecule has 3 N–H and O–H groups in total. The number of carbonyl (C=O) groups excluding carboxylic acids is 3. The molecule has 1 rings (SSSR count). The highest BCUT2D eigenvalue weighted by Crippen LogP contribution is 2.20. The smallest absolute Gasteiger partial charge is 0.258 e. The summed E-state index contributed by atoms with van der Waals surface area (Å²) in [7, 11) is 0. The van der Waals surface area contributed by atoms with E-state index in [0.29, 0.717) is 19.6 Å². The SMILES string of the molecule is CC(NC(=O)C(NC=O)C(C)C)C(=O)N1CCCC(COCC(C)(Cl)Cl)N1. The second-order valence-corrected chi connectivity index (χ2v) is 9.14. The molecule has 0 bridgehead atoms. The molecule has 0 aromatic heterocycles. The van der Waals surface area contributed by atoms with Crippen molar-refractivity contribution < 1.29 is 19.1 Å². The summed E-state index contributed by atoms with van der Waals surface area (Å²) in [5.74, 6) is -0.735. The Balaban J connectivity index is 2.53. The third-order valence-corrected chi connectivity index (χ3v) is 4.36. The molecular weight excluding hydrogens is 395 g/mol. The first-order valence-corrected chi connectivity index (χ1v) is 9.84. The third-order valence-electron chi connectivity index (χ3n) is 4.14. The molecule has 1 aliphatic heterocycles. The zero-order chi connectivity index (χ0) is 20.6. The van der Waals surface area contributed by atoms with Crippen LogP contribution in [-0.2, 0) is 19.1 Å². The lowest BCUT2D eigenvalue weighted by Crippen LogP contribution is -2.60. The summed E-state index contributed by atoms with van der Waals surface area (Å²) in [5, 5.41) is 6.64. The Morgan fingerprint density at radius 3 is 2.59 bits per heavy atom. The Morgan fingerprint density at radius 1 is 1.37 bits per heavy atom. The first-order chi connectivity index (χ1) is 12.5. The van der Waals surface area contributed by atoms with Crippen LogP contribution in [0, 0.1) is 5.92 Å². The quantitative estimate of drug-likeness (QED) is 0.358. The highest BCUT2D eigenvalue weighted by atomic mass is 35.5. The van der Waals surface area contributed by atoms with Crippen molar-refractivity contribution in [2.45, 2.75) is 63.0 Å². The van der Waals surface area contributed by atoms with Crippen molar-refractivity contribution in [3.63, 3.8) is 0 Å². The minimum absolute atomic E-state index is 0.0403. The highest BCUT2D eigenvalue weighted by Gasteiger charge is 2.30. The molecule has 0 spiro atoms. The largest absolute Gasteiger partial charge is 0.377 e. The van der Waals surface area contributed by atoms with Crippen LogP contribution in [0.1, 0.15) is 40.5 Å². The normalized spacial score (nSPS) is 20.1. The molecule has 0 aliphatic carbocycles. The van der Waals surface area contributed by atoms with E-state index in [2.05, 4.69) is 16.1 Å². The summed E-state index contributed by atoms with van der Waals surface area (Å²) in [6.07, 6.45) is 2.15. The summed E-state index contributed by atoms with van der Waals surface area (Å²) >= 11 is 11.8. The Labute approximate surface area is 170 Å². The molecule has 10 heteroatoms. The number of ether oxygens (including phenoxy) is 1. The third kappa shape index (κ3) is 8.64. The van der Waals surface area contributed by atoms with Gasteiger partial charge in [0, 0.05) is 12.6 Å². The van der Waals surface area contributed by atoms with Crippen molar-refractivity contribution >= 4 is 41.4 Å². The number of halogens is 2. The zero-order valence-electron chi connectivity index (χ0n) is 16.3. The van der Waals surface area contributed by atoms with E-state index in [1.807, 2.05) is 13.8 Å². The predicted molar refractivity (Wildman–Crippen MR) is 104 cm³/mol. The van der Waals surface area contributed by atoms with Crippen LogP contribution in [0.3, 0.4) is 0 Å². The molecular formula is C17H30Cl2N4O4. The molecule has 1 heterocycles. The molecule has 0 saturated carbocycles. The van der Waals surface area contributed by atoms with Crippen molar-refractivity contribution in [2.75, 3.05) is 19.8 Å². The maximum absolute atomic E-state index is 12.6. The molecule has 3 amide bonds. The average molecular weight is 425 g/mol. The number of hydrazine groups is 1. The van der Waals surface area contributed by atoms with E-state index >= 15 is 0 Å². The monoisotopic (exact) mass is 424 g/mol. The Kier molecular flexibility index (Phi) is 9.80. The lowest BCUT2D eigenvalue weighted by Gasteiger charge is -2.35. The number of amides is 3. The number of hydrogen-bond acceptors (Lipinski definition) is 5. The van der Waals surface area contributed by atoms with Crippen molar-refractivity contribution in [3.05, 3.63) is 0 Å². The van der Waals surface area contributed by atoms with Gasteiger partial charge in [-0.3, -0.25) is 19.4 Å². The van der Waals surface area contributed by atoms with E-state index in [0.717, 1.165) is 12.8 Å². The average Bonchev–Trinajstić information content (AvgIpc) is 2.57. The maximum atomic E-state index is 12.6. The molecule has 1 saturated heterocycles. The standard InChI is InChI=1S/C17H30Cl2N4O4/c1-11(2)14(20-10-24)15(25)21-12(3)16(26)23-7-5-6-13(22-23)8-27-9-17(4,18)19/h10-14,22H,5-9H2,1-4H3,(H,20,24)(H,21,25). The molecule has 3 atom stereocenters. The van der Waals surface area contributed by atoms with Gasteiger partial charge in [-0.15, -0.1) is 0 Å². The van der Waals surface area contributed by atoms with Crippen molar-refractivity contribution in [1.29, 1.82) is 0 Å². The summed E-state index contributed by atoms with van der Waals surface area (Å²) < 4.78 is 4.55. The number of alkyl halides is 2. The lowest BCUT2D eigenvalue weighted by atomic mass is 10.0. The van der Waals surface area contributed by atoms with E-state index in [4.69, 9.17) is 27.9 Å². The van der Waals surface area contributed by atoms with Crippen LogP contribution in [-0.4, -0.2) is 65.5 Å². The van der Waals surface area contributed by atoms with Gasteiger partial charge in [0.1, 0.15) is 16.4 Å². The zero-order valence-corrected chi connectivity index (χ0v) is 17.8. The Bertz CT molecular complexity index is 514. The molecule has 1 aliphatic rings. The van der Waals surface area contributed by atoms with Gasteiger partial charge in [0.2, 0.25) is 12.3 Å². The van der Waals surface area contributed by atoms with Crippen LogP contribution >= 0.6 is 23.2 Å². The second kappa shape index (κ2) is 11.0. The van der Waals surface area contributed by atoms with E-state index in [1.54, 1.807) is 13.8 Å². The Morgan fingerprint density at radius 2 is 2.04 bits per heavy atom. The van der Waals surface area contributed by atoms with Gasteiger partial charge in [0.15, 0.2) is 0 Å². The van der Waals surface area contributed by atoms with Gasteiger partial charge < -0.3 is 15.4 Å². The Hall–Kier alpha value is -1.09. The summed E-state index contributed by atoms with van der Waals surface area (Å²) in [6.45, 7) is 8.00. The van der Waals surface area contributed by atoms with Crippen molar-refractivity contribution in [1.82, 2.24) is 21.1 Å². The fraction of sp³-hybridized carbons (Fsp3) is 0.824. The molecule has 27 heavy (non-hydrogen) atoms. The molecule has 0 aromatic carbocycles. The van der Waals surface area contributed by atoms with E-state index in [9.17, 15) is 14.4 Å². The van der Waals surface area contributed by atoms with Crippen LogP contribution in [0.15, 0.2) is 0 Å². The first kappa shape index (κ1) is 23.9. The number of nitrogens with one attached hydrogen (secondary N) is 3. The number of hydrogen-bond donors (Lipinski definition) is 3. The minimum Gasteiger partial charge on any atom is -0.377 e. The van der Waals surface area contributed by atoms with Crippen LogP contribution in [0.4, 0.5) is 0 Å². The van der Waals surface area contributed by atoms with Gasteiger partial charge >= 0.3 is 0 Å². The van der Waals surface area contributed by atoms with Gasteiger partial charge in [-0.05, 0) is 32.6 Å². The summed E-state index contributed by atoms with van der Waals surface area (Å²) in [6, 6.07) is -1.46. The predicted octanol–water partition coefficient (Wildman–Crippen LogP) is 0.968. The summed E-state index contributed by atoms with van der Waals surface area (Å²) in [5.41, 5.74) is 3.12. The second-order valence-electron chi connectivity index (χ2n) is 7.28. The van der Waals surface area contributed by atoms with Gasteiger partial charge in [0.25, 0.3) is 5.91 Å². The first-order valence-electron chi connectivity index (χ1n) is 9.08. The molecule has 0 aromatic rings. The van der Waals surface area contributed by atoms with Crippen LogP contribution < -0.4 is 16.1 Å². The summed E-state index contributed by atoms with van der Waals surface area (Å²) in [4.78, 5) is 35.6. The van der Waals surface area contributed by atoms with Crippen molar-refractivity contribution in [2.24, 2.45) is 5.92 Å². The molecule has 1 fully saturated rings. The van der Waals surface area contributed by atoms with Crippen LogP contribution in [0.5, 0.6) is 0 Å². The number of carbonyl (C=O) groups is 3. The van der Waals surface area contributed by atoms with E-state index in [1.165, 1.54) is 5.01 Å².